The molecule has 0 radical (unpaired) electrons. The molecular formula is C15H24F2N2O2. The van der Waals surface area contributed by atoms with Crippen molar-refractivity contribution >= 4 is 0 Å². The molecule has 0 atom stereocenters. The van der Waals surface area contributed by atoms with E-state index in [1.165, 1.54) is 7.11 Å². The Kier molecular flexibility index (Phi) is 6.36. The van der Waals surface area contributed by atoms with Crippen LogP contribution in [0.4, 0.5) is 8.78 Å². The predicted octanol–water partition coefficient (Wildman–Crippen LogP) is 2.73. The van der Waals surface area contributed by atoms with Gasteiger partial charge in [0.15, 0.2) is 11.5 Å². The Morgan fingerprint density at radius 3 is 2.48 bits per heavy atom. The number of alkyl halides is 2. The van der Waals surface area contributed by atoms with Gasteiger partial charge in [0.2, 0.25) is 0 Å². The monoisotopic (exact) mass is 302 g/mol. The van der Waals surface area contributed by atoms with Crippen molar-refractivity contribution in [1.29, 1.82) is 0 Å². The molecule has 1 N–H and O–H groups in total. The van der Waals surface area contributed by atoms with Crippen molar-refractivity contribution in [2.45, 2.75) is 32.5 Å². The van der Waals surface area contributed by atoms with Crippen molar-refractivity contribution in [1.82, 2.24) is 10.2 Å². The topological polar surface area (TPSA) is 33.7 Å². The first-order valence-corrected chi connectivity index (χ1v) is 6.76. The normalized spacial score (nSPS) is 12.0. The number of methoxy groups -OCH3 is 1. The third-order valence-corrected chi connectivity index (χ3v) is 3.57. The maximum atomic E-state index is 12.5. The quantitative estimate of drug-likeness (QED) is 0.800. The molecule has 0 heterocycles. The van der Waals surface area contributed by atoms with Crippen LogP contribution in [0.3, 0.4) is 0 Å². The van der Waals surface area contributed by atoms with Gasteiger partial charge < -0.3 is 19.7 Å². The molecule has 0 spiro atoms. The highest BCUT2D eigenvalue weighted by molar-refractivity contribution is 5.46. The summed E-state index contributed by atoms with van der Waals surface area (Å²) in [7, 11) is 5.43. The van der Waals surface area contributed by atoms with Gasteiger partial charge in [0.25, 0.3) is 0 Å². The van der Waals surface area contributed by atoms with Crippen LogP contribution in [0.15, 0.2) is 18.2 Å². The van der Waals surface area contributed by atoms with Crippen LogP contribution in [0.1, 0.15) is 19.4 Å². The molecule has 120 valence electrons. The van der Waals surface area contributed by atoms with E-state index < -0.39 is 6.61 Å². The average molecular weight is 302 g/mol. The van der Waals surface area contributed by atoms with Crippen molar-refractivity contribution in [3.63, 3.8) is 0 Å². The number of ether oxygens (including phenoxy) is 2. The lowest BCUT2D eigenvalue weighted by molar-refractivity contribution is -0.0519. The summed E-state index contributed by atoms with van der Waals surface area (Å²) in [4.78, 5) is 2.10. The minimum Gasteiger partial charge on any atom is -0.493 e. The number of hydrogen-bond acceptors (Lipinski definition) is 4. The Labute approximate surface area is 125 Å². The van der Waals surface area contributed by atoms with E-state index >= 15 is 0 Å². The molecule has 4 nitrogen and oxygen atoms in total. The van der Waals surface area contributed by atoms with Crippen LogP contribution in [-0.4, -0.2) is 44.8 Å². The fourth-order valence-electron chi connectivity index (χ4n) is 1.75. The highest BCUT2D eigenvalue weighted by Gasteiger charge is 2.20. The highest BCUT2D eigenvalue weighted by atomic mass is 19.3. The smallest absolute Gasteiger partial charge is 0.387 e. The van der Waals surface area contributed by atoms with Crippen LogP contribution in [0, 0.1) is 0 Å². The molecular weight excluding hydrogens is 278 g/mol. The molecule has 1 rings (SSSR count). The molecule has 0 aliphatic carbocycles. The molecule has 0 amide bonds. The van der Waals surface area contributed by atoms with Crippen LogP contribution in [0.25, 0.3) is 0 Å². The average Bonchev–Trinajstić information content (AvgIpc) is 2.39. The van der Waals surface area contributed by atoms with Gasteiger partial charge in [-0.3, -0.25) is 0 Å². The lowest BCUT2D eigenvalue weighted by atomic mass is 10.0. The predicted molar refractivity (Wildman–Crippen MR) is 79.1 cm³/mol. The largest absolute Gasteiger partial charge is 0.493 e. The van der Waals surface area contributed by atoms with Gasteiger partial charge in [-0.2, -0.15) is 8.78 Å². The minimum absolute atomic E-state index is 0.0391. The van der Waals surface area contributed by atoms with Crippen molar-refractivity contribution in [3.05, 3.63) is 23.8 Å². The molecule has 1 aromatic carbocycles. The van der Waals surface area contributed by atoms with Gasteiger partial charge in [-0.25, -0.2) is 0 Å². The number of hydrogen-bond donors (Lipinski definition) is 1. The van der Waals surface area contributed by atoms with Gasteiger partial charge in [-0.05, 0) is 34.0 Å². The zero-order valence-corrected chi connectivity index (χ0v) is 13.2. The molecule has 0 saturated heterocycles. The van der Waals surface area contributed by atoms with E-state index in [2.05, 4.69) is 28.8 Å². The zero-order chi connectivity index (χ0) is 16.0. The first-order chi connectivity index (χ1) is 9.77. The summed E-state index contributed by atoms with van der Waals surface area (Å²) in [6.07, 6.45) is 0. The third-order valence-electron chi connectivity index (χ3n) is 3.57. The van der Waals surface area contributed by atoms with Gasteiger partial charge in [0, 0.05) is 24.2 Å². The second-order valence-electron chi connectivity index (χ2n) is 5.64. The summed E-state index contributed by atoms with van der Waals surface area (Å²) in [5.74, 6) is 0.395. The van der Waals surface area contributed by atoms with E-state index in [4.69, 9.17) is 4.74 Å². The number of nitrogens with zero attached hydrogens (tertiary/aromatic N) is 1. The van der Waals surface area contributed by atoms with Gasteiger partial charge in [0.05, 0.1) is 7.11 Å². The van der Waals surface area contributed by atoms with Gasteiger partial charge in [0.1, 0.15) is 0 Å². The van der Waals surface area contributed by atoms with E-state index in [0.29, 0.717) is 24.4 Å². The van der Waals surface area contributed by atoms with Crippen molar-refractivity contribution in [2.24, 2.45) is 0 Å². The summed E-state index contributed by atoms with van der Waals surface area (Å²) >= 11 is 0. The Morgan fingerprint density at radius 2 is 1.95 bits per heavy atom. The molecule has 0 aliphatic heterocycles. The summed E-state index contributed by atoms with van der Waals surface area (Å²) in [5.41, 5.74) is 0.604. The van der Waals surface area contributed by atoms with E-state index in [-0.39, 0.29) is 11.3 Å². The summed E-state index contributed by atoms with van der Waals surface area (Å²) in [6.45, 7) is 2.46. The van der Waals surface area contributed by atoms with Crippen molar-refractivity contribution in [2.75, 3.05) is 27.7 Å². The highest BCUT2D eigenvalue weighted by Crippen LogP contribution is 2.32. The molecule has 6 heteroatoms. The van der Waals surface area contributed by atoms with Crippen molar-refractivity contribution in [3.8, 4) is 11.5 Å². The first-order valence-electron chi connectivity index (χ1n) is 6.76. The van der Waals surface area contributed by atoms with Gasteiger partial charge in [-0.1, -0.05) is 12.1 Å². The Hall–Kier alpha value is -1.40. The lowest BCUT2D eigenvalue weighted by Gasteiger charge is -2.32. The molecule has 0 aliphatic rings. The van der Waals surface area contributed by atoms with E-state index in [0.717, 1.165) is 0 Å². The maximum Gasteiger partial charge on any atom is 0.387 e. The number of rotatable bonds is 8. The Morgan fingerprint density at radius 1 is 1.29 bits per heavy atom. The standard InChI is InChI=1S/C15H24F2N2O2/c1-15(2,19(3)4)10-18-9-11-7-6-8-12(20-5)13(11)21-14(16)17/h6-8,14,18H,9-10H2,1-5H3. The lowest BCUT2D eigenvalue weighted by Crippen LogP contribution is -2.46. The molecule has 1 aromatic rings. The second-order valence-corrected chi connectivity index (χ2v) is 5.64. The fraction of sp³-hybridized carbons (Fsp3) is 0.600. The van der Waals surface area contributed by atoms with Crippen LogP contribution in [0.5, 0.6) is 11.5 Å². The second kappa shape index (κ2) is 7.56. The maximum absolute atomic E-state index is 12.5. The van der Waals surface area contributed by atoms with E-state index in [9.17, 15) is 8.78 Å². The number of likely N-dealkylation sites (N-methyl/N-ethyl adjacent to an activating group) is 1. The fourth-order valence-corrected chi connectivity index (χ4v) is 1.75. The molecule has 0 bridgehead atoms. The van der Waals surface area contributed by atoms with Crippen LogP contribution in [-0.2, 0) is 6.54 Å². The van der Waals surface area contributed by atoms with Gasteiger partial charge in [-0.15, -0.1) is 0 Å². The van der Waals surface area contributed by atoms with Crippen LogP contribution in [0.2, 0.25) is 0 Å². The van der Waals surface area contributed by atoms with E-state index in [1.54, 1.807) is 18.2 Å². The number of halogens is 2. The molecule has 0 aromatic heterocycles. The third kappa shape index (κ3) is 5.13. The summed E-state index contributed by atoms with van der Waals surface area (Å²) in [5, 5.41) is 3.27. The van der Waals surface area contributed by atoms with Crippen LogP contribution < -0.4 is 14.8 Å². The first kappa shape index (κ1) is 17.7. The van der Waals surface area contributed by atoms with Crippen molar-refractivity contribution < 1.29 is 18.3 Å². The number of para-hydroxylation sites is 1. The Bertz CT molecular complexity index is 451. The Balaban J connectivity index is 2.79. The summed E-state index contributed by atoms with van der Waals surface area (Å²) in [6, 6.07) is 5.10. The summed E-state index contributed by atoms with van der Waals surface area (Å²) < 4.78 is 34.7. The molecule has 0 unspecified atom stereocenters. The van der Waals surface area contributed by atoms with Crippen LogP contribution >= 0.6 is 0 Å². The molecule has 21 heavy (non-hydrogen) atoms. The van der Waals surface area contributed by atoms with E-state index in [1.807, 2.05) is 14.1 Å². The SMILES string of the molecule is COc1cccc(CNCC(C)(C)N(C)C)c1OC(F)F. The number of nitrogens with one attached hydrogen (secondary N) is 1. The van der Waals surface area contributed by atoms with Gasteiger partial charge >= 0.3 is 6.61 Å². The molecule has 0 fully saturated rings. The molecule has 0 saturated carbocycles. The zero-order valence-electron chi connectivity index (χ0n) is 13.2. The number of benzene rings is 1. The minimum atomic E-state index is -2.88.